The average molecular weight is 264 g/mol. The highest BCUT2D eigenvalue weighted by Gasteiger charge is 2.09. The zero-order valence-electron chi connectivity index (χ0n) is 10.2. The van der Waals surface area contributed by atoms with Crippen molar-refractivity contribution in [1.82, 2.24) is 5.32 Å². The number of nitrogens with zero attached hydrogens (tertiary/aromatic N) is 1. The van der Waals surface area contributed by atoms with Crippen LogP contribution in [-0.2, 0) is 4.79 Å². The number of rotatable bonds is 4. The number of anilines is 1. The predicted octanol–water partition coefficient (Wildman–Crippen LogP) is 2.68. The summed E-state index contributed by atoms with van der Waals surface area (Å²) >= 11 is 5.75. The zero-order chi connectivity index (χ0) is 13.5. The molecule has 0 aliphatic heterocycles. The molecule has 0 spiro atoms. The zero-order valence-corrected chi connectivity index (χ0v) is 11.0. The van der Waals surface area contributed by atoms with E-state index in [2.05, 4.69) is 10.6 Å². The van der Waals surface area contributed by atoms with Gasteiger partial charge in [0.15, 0.2) is 0 Å². The Bertz CT molecular complexity index is 486. The fourth-order valence-corrected chi connectivity index (χ4v) is 1.32. The lowest BCUT2D eigenvalue weighted by Gasteiger charge is -2.07. The molecular weight excluding hydrogens is 250 g/mol. The van der Waals surface area contributed by atoms with E-state index in [-0.39, 0.29) is 11.6 Å². The van der Waals surface area contributed by atoms with E-state index in [1.165, 1.54) is 6.20 Å². The summed E-state index contributed by atoms with van der Waals surface area (Å²) in [5.74, 6) is -0.394. The predicted molar refractivity (Wildman–Crippen MR) is 72.0 cm³/mol. The normalized spacial score (nSPS) is 10.9. The van der Waals surface area contributed by atoms with Gasteiger partial charge in [-0.3, -0.25) is 4.79 Å². The SMILES string of the molecule is CC(C)NC(=O)/C(C#N)=C\Nc1ccc(Cl)cc1. The highest BCUT2D eigenvalue weighted by molar-refractivity contribution is 6.30. The summed E-state index contributed by atoms with van der Waals surface area (Å²) in [5.41, 5.74) is 0.781. The number of hydrogen-bond donors (Lipinski definition) is 2. The molecule has 5 heteroatoms. The number of carbonyl (C=O) groups excluding carboxylic acids is 1. The first-order chi connectivity index (χ1) is 8.52. The van der Waals surface area contributed by atoms with Crippen molar-refractivity contribution >= 4 is 23.2 Å². The van der Waals surface area contributed by atoms with E-state index >= 15 is 0 Å². The maximum absolute atomic E-state index is 11.6. The maximum atomic E-state index is 11.6. The Morgan fingerprint density at radius 3 is 2.50 bits per heavy atom. The largest absolute Gasteiger partial charge is 0.360 e. The molecule has 0 unspecified atom stereocenters. The molecule has 0 bridgehead atoms. The van der Waals surface area contributed by atoms with Gasteiger partial charge in [-0.15, -0.1) is 0 Å². The van der Waals surface area contributed by atoms with Crippen molar-refractivity contribution in [2.45, 2.75) is 19.9 Å². The summed E-state index contributed by atoms with van der Waals surface area (Å²) in [5, 5.41) is 15.0. The van der Waals surface area contributed by atoms with Crippen molar-refractivity contribution in [2.75, 3.05) is 5.32 Å². The van der Waals surface area contributed by atoms with Crippen molar-refractivity contribution in [3.63, 3.8) is 0 Å². The third-order valence-corrected chi connectivity index (χ3v) is 2.26. The smallest absolute Gasteiger partial charge is 0.263 e. The van der Waals surface area contributed by atoms with E-state index in [0.29, 0.717) is 5.02 Å². The molecule has 0 saturated carbocycles. The van der Waals surface area contributed by atoms with Crippen molar-refractivity contribution in [2.24, 2.45) is 0 Å². The second kappa shape index (κ2) is 6.67. The molecule has 0 heterocycles. The van der Waals surface area contributed by atoms with E-state index in [1.807, 2.05) is 19.9 Å². The van der Waals surface area contributed by atoms with Gasteiger partial charge in [0.05, 0.1) is 0 Å². The topological polar surface area (TPSA) is 64.9 Å². The Kier molecular flexibility index (Phi) is 5.22. The Labute approximate surface area is 111 Å². The van der Waals surface area contributed by atoms with E-state index in [1.54, 1.807) is 24.3 Å². The van der Waals surface area contributed by atoms with Crippen molar-refractivity contribution in [3.05, 3.63) is 41.1 Å². The van der Waals surface area contributed by atoms with E-state index in [9.17, 15) is 4.79 Å². The van der Waals surface area contributed by atoms with Crippen LogP contribution < -0.4 is 10.6 Å². The number of carbonyl (C=O) groups is 1. The van der Waals surface area contributed by atoms with Gasteiger partial charge in [-0.1, -0.05) is 11.6 Å². The monoisotopic (exact) mass is 263 g/mol. The van der Waals surface area contributed by atoms with Gasteiger partial charge in [0.2, 0.25) is 0 Å². The minimum absolute atomic E-state index is 0.00946. The van der Waals surface area contributed by atoms with Gasteiger partial charge in [0.1, 0.15) is 11.6 Å². The maximum Gasteiger partial charge on any atom is 0.263 e. The van der Waals surface area contributed by atoms with Crippen LogP contribution in [0.1, 0.15) is 13.8 Å². The van der Waals surface area contributed by atoms with Gasteiger partial charge >= 0.3 is 0 Å². The number of halogens is 1. The van der Waals surface area contributed by atoms with Gasteiger partial charge in [-0.25, -0.2) is 0 Å². The minimum Gasteiger partial charge on any atom is -0.360 e. The summed E-state index contributed by atoms with van der Waals surface area (Å²) in [7, 11) is 0. The van der Waals surface area contributed by atoms with Crippen LogP contribution in [-0.4, -0.2) is 11.9 Å². The van der Waals surface area contributed by atoms with Crippen LogP contribution in [0.5, 0.6) is 0 Å². The van der Waals surface area contributed by atoms with Gasteiger partial charge in [-0.05, 0) is 38.1 Å². The molecular formula is C13H14ClN3O. The molecule has 94 valence electrons. The first-order valence-electron chi connectivity index (χ1n) is 5.46. The third kappa shape index (κ3) is 4.48. The second-order valence-electron chi connectivity index (χ2n) is 3.95. The highest BCUT2D eigenvalue weighted by atomic mass is 35.5. The third-order valence-electron chi connectivity index (χ3n) is 2.01. The van der Waals surface area contributed by atoms with Crippen LogP contribution in [0.3, 0.4) is 0 Å². The Balaban J connectivity index is 2.72. The Morgan fingerprint density at radius 1 is 1.39 bits per heavy atom. The van der Waals surface area contributed by atoms with E-state index < -0.39 is 5.91 Å². The lowest BCUT2D eigenvalue weighted by molar-refractivity contribution is -0.117. The fourth-order valence-electron chi connectivity index (χ4n) is 1.19. The summed E-state index contributed by atoms with van der Waals surface area (Å²) in [6, 6.07) is 8.80. The minimum atomic E-state index is -0.394. The van der Waals surface area contributed by atoms with Gasteiger partial charge in [-0.2, -0.15) is 5.26 Å². The molecule has 0 atom stereocenters. The van der Waals surface area contributed by atoms with Crippen molar-refractivity contribution in [3.8, 4) is 6.07 Å². The molecule has 0 radical (unpaired) electrons. The fraction of sp³-hybridized carbons (Fsp3) is 0.231. The number of amides is 1. The van der Waals surface area contributed by atoms with Crippen LogP contribution in [0.4, 0.5) is 5.69 Å². The lowest BCUT2D eigenvalue weighted by atomic mass is 10.2. The number of nitriles is 1. The van der Waals surface area contributed by atoms with Crippen LogP contribution in [0.15, 0.2) is 36.0 Å². The molecule has 18 heavy (non-hydrogen) atoms. The molecule has 0 aromatic heterocycles. The van der Waals surface area contributed by atoms with Gasteiger partial charge < -0.3 is 10.6 Å². The van der Waals surface area contributed by atoms with Crippen LogP contribution in [0.2, 0.25) is 5.02 Å². The summed E-state index contributed by atoms with van der Waals surface area (Å²) in [6.45, 7) is 3.67. The summed E-state index contributed by atoms with van der Waals surface area (Å²) in [4.78, 5) is 11.6. The van der Waals surface area contributed by atoms with Crippen LogP contribution in [0, 0.1) is 11.3 Å². The van der Waals surface area contributed by atoms with Crippen LogP contribution in [0.25, 0.3) is 0 Å². The van der Waals surface area contributed by atoms with Gasteiger partial charge in [0, 0.05) is 23.0 Å². The average Bonchev–Trinajstić information content (AvgIpc) is 2.31. The number of nitrogens with one attached hydrogen (secondary N) is 2. The summed E-state index contributed by atoms with van der Waals surface area (Å²) in [6.07, 6.45) is 1.38. The van der Waals surface area contributed by atoms with Crippen molar-refractivity contribution < 1.29 is 4.79 Å². The standard InChI is InChI=1S/C13H14ClN3O/c1-9(2)17-13(18)10(7-15)8-16-12-5-3-11(14)4-6-12/h3-6,8-9,16H,1-2H3,(H,17,18)/b10-8-. The molecule has 0 fully saturated rings. The lowest BCUT2D eigenvalue weighted by Crippen LogP contribution is -2.31. The number of benzene rings is 1. The molecule has 1 aromatic carbocycles. The molecule has 4 nitrogen and oxygen atoms in total. The Hall–Kier alpha value is -1.99. The molecule has 1 amide bonds. The van der Waals surface area contributed by atoms with Crippen LogP contribution >= 0.6 is 11.6 Å². The Morgan fingerprint density at radius 2 is 2.00 bits per heavy atom. The summed E-state index contributed by atoms with van der Waals surface area (Å²) < 4.78 is 0. The molecule has 1 rings (SSSR count). The molecule has 0 aliphatic rings. The van der Waals surface area contributed by atoms with Crippen molar-refractivity contribution in [1.29, 1.82) is 5.26 Å². The van der Waals surface area contributed by atoms with Gasteiger partial charge in [0.25, 0.3) is 5.91 Å². The highest BCUT2D eigenvalue weighted by Crippen LogP contribution is 2.13. The quantitative estimate of drug-likeness (QED) is 0.648. The van der Waals surface area contributed by atoms with E-state index in [0.717, 1.165) is 5.69 Å². The second-order valence-corrected chi connectivity index (χ2v) is 4.39. The molecule has 0 aliphatic carbocycles. The molecule has 0 saturated heterocycles. The number of hydrogen-bond acceptors (Lipinski definition) is 3. The molecule has 1 aromatic rings. The molecule has 2 N–H and O–H groups in total. The first kappa shape index (κ1) is 14.1. The van der Waals surface area contributed by atoms with E-state index in [4.69, 9.17) is 16.9 Å². The first-order valence-corrected chi connectivity index (χ1v) is 5.84.